The molecule has 0 aliphatic rings. The van der Waals surface area contributed by atoms with Gasteiger partial charge in [-0.2, -0.15) is 5.10 Å². The van der Waals surface area contributed by atoms with E-state index in [2.05, 4.69) is 29.2 Å². The molecule has 108 valence electrons. The van der Waals surface area contributed by atoms with Crippen molar-refractivity contribution in [1.29, 1.82) is 0 Å². The number of ether oxygens (including phenoxy) is 1. The topological polar surface area (TPSA) is 52.0 Å². The minimum Gasteiger partial charge on any atom is -0.419 e. The SMILES string of the molecule is Cc1cc(Oc2ncc(CNC(C)C)cc2Cl)n(C)n1. The quantitative estimate of drug-likeness (QED) is 0.921. The van der Waals surface area contributed by atoms with Crippen LogP contribution in [0.4, 0.5) is 0 Å². The largest absolute Gasteiger partial charge is 0.419 e. The lowest BCUT2D eigenvalue weighted by Crippen LogP contribution is -2.21. The van der Waals surface area contributed by atoms with Crippen molar-refractivity contribution in [2.75, 3.05) is 0 Å². The van der Waals surface area contributed by atoms with Gasteiger partial charge in [-0.15, -0.1) is 0 Å². The van der Waals surface area contributed by atoms with Gasteiger partial charge in [-0.1, -0.05) is 25.4 Å². The highest BCUT2D eigenvalue weighted by Crippen LogP contribution is 2.27. The molecule has 2 aromatic rings. The third kappa shape index (κ3) is 3.71. The number of rotatable bonds is 5. The second-order valence-corrected chi connectivity index (χ2v) is 5.42. The smallest absolute Gasteiger partial charge is 0.240 e. The van der Waals surface area contributed by atoms with E-state index in [0.29, 0.717) is 22.8 Å². The van der Waals surface area contributed by atoms with E-state index in [1.165, 1.54) is 0 Å². The first-order valence-electron chi connectivity index (χ1n) is 6.52. The molecule has 0 saturated heterocycles. The number of aryl methyl sites for hydroxylation is 2. The summed E-state index contributed by atoms with van der Waals surface area (Å²) >= 11 is 6.21. The maximum absolute atomic E-state index is 6.21. The number of pyridine rings is 1. The highest BCUT2D eigenvalue weighted by Gasteiger charge is 2.10. The van der Waals surface area contributed by atoms with Gasteiger partial charge in [0.05, 0.1) is 5.69 Å². The fraction of sp³-hybridized carbons (Fsp3) is 0.429. The van der Waals surface area contributed by atoms with E-state index in [9.17, 15) is 0 Å². The van der Waals surface area contributed by atoms with Crippen LogP contribution in [0.3, 0.4) is 0 Å². The number of nitrogens with zero attached hydrogens (tertiary/aromatic N) is 3. The zero-order valence-corrected chi connectivity index (χ0v) is 12.9. The maximum Gasteiger partial charge on any atom is 0.240 e. The van der Waals surface area contributed by atoms with Gasteiger partial charge in [-0.25, -0.2) is 9.67 Å². The van der Waals surface area contributed by atoms with Crippen LogP contribution in [0.15, 0.2) is 18.3 Å². The molecule has 0 spiro atoms. The molecule has 0 saturated carbocycles. The Bertz CT molecular complexity index is 595. The molecule has 0 amide bonds. The van der Waals surface area contributed by atoms with Gasteiger partial charge in [0.1, 0.15) is 5.02 Å². The molecule has 2 heterocycles. The Morgan fingerprint density at radius 1 is 1.40 bits per heavy atom. The summed E-state index contributed by atoms with van der Waals surface area (Å²) < 4.78 is 7.33. The first-order valence-corrected chi connectivity index (χ1v) is 6.90. The Kier molecular flexibility index (Phi) is 4.62. The lowest BCUT2D eigenvalue weighted by Gasteiger charge is -2.10. The molecule has 0 bridgehead atoms. The fourth-order valence-electron chi connectivity index (χ4n) is 1.74. The molecule has 0 atom stereocenters. The van der Waals surface area contributed by atoms with Crippen molar-refractivity contribution < 1.29 is 4.74 Å². The van der Waals surface area contributed by atoms with Crippen LogP contribution in [-0.4, -0.2) is 20.8 Å². The molecule has 0 aromatic carbocycles. The zero-order chi connectivity index (χ0) is 14.7. The summed E-state index contributed by atoms with van der Waals surface area (Å²) in [5.74, 6) is 1.01. The Balaban J connectivity index is 2.11. The Morgan fingerprint density at radius 3 is 2.70 bits per heavy atom. The molecule has 0 radical (unpaired) electrons. The van der Waals surface area contributed by atoms with E-state index in [0.717, 1.165) is 17.8 Å². The van der Waals surface area contributed by atoms with Crippen LogP contribution < -0.4 is 10.1 Å². The van der Waals surface area contributed by atoms with Gasteiger partial charge in [-0.3, -0.25) is 0 Å². The van der Waals surface area contributed by atoms with Crippen LogP contribution in [-0.2, 0) is 13.6 Å². The van der Waals surface area contributed by atoms with Crippen molar-refractivity contribution in [3.05, 3.63) is 34.6 Å². The first-order chi connectivity index (χ1) is 9.45. The minimum absolute atomic E-state index is 0.392. The fourth-order valence-corrected chi connectivity index (χ4v) is 1.97. The molecule has 0 unspecified atom stereocenters. The normalized spacial score (nSPS) is 11.1. The van der Waals surface area contributed by atoms with Crippen molar-refractivity contribution in [2.24, 2.45) is 7.05 Å². The summed E-state index contributed by atoms with van der Waals surface area (Å²) in [6.45, 7) is 6.83. The molecular weight excluding hydrogens is 276 g/mol. The summed E-state index contributed by atoms with van der Waals surface area (Å²) in [4.78, 5) is 4.27. The summed E-state index contributed by atoms with van der Waals surface area (Å²) in [7, 11) is 1.82. The summed E-state index contributed by atoms with van der Waals surface area (Å²) in [5.41, 5.74) is 1.91. The second kappa shape index (κ2) is 6.24. The molecule has 2 aromatic heterocycles. The lowest BCUT2D eigenvalue weighted by atomic mass is 10.2. The number of aromatic nitrogens is 3. The van der Waals surface area contributed by atoms with Crippen molar-refractivity contribution in [1.82, 2.24) is 20.1 Å². The molecule has 5 nitrogen and oxygen atoms in total. The summed E-state index contributed by atoms with van der Waals surface area (Å²) in [5, 5.41) is 8.02. The Labute approximate surface area is 123 Å². The minimum atomic E-state index is 0.392. The Morgan fingerprint density at radius 2 is 2.15 bits per heavy atom. The van der Waals surface area contributed by atoms with Crippen molar-refractivity contribution in [2.45, 2.75) is 33.4 Å². The molecular formula is C14H19ClN4O. The molecule has 0 aliphatic heterocycles. The van der Waals surface area contributed by atoms with Crippen molar-refractivity contribution in [3.63, 3.8) is 0 Å². The number of nitrogens with one attached hydrogen (secondary N) is 1. The monoisotopic (exact) mass is 294 g/mol. The van der Waals surface area contributed by atoms with E-state index in [1.807, 2.05) is 26.1 Å². The van der Waals surface area contributed by atoms with Gasteiger partial charge in [0.15, 0.2) is 0 Å². The summed E-state index contributed by atoms with van der Waals surface area (Å²) in [6.07, 6.45) is 1.76. The van der Waals surface area contributed by atoms with Gasteiger partial charge in [-0.05, 0) is 18.6 Å². The number of hydrogen-bond acceptors (Lipinski definition) is 4. The predicted molar refractivity (Wildman–Crippen MR) is 79.2 cm³/mol. The van der Waals surface area contributed by atoms with Crippen molar-refractivity contribution in [3.8, 4) is 11.8 Å². The molecule has 20 heavy (non-hydrogen) atoms. The van der Waals surface area contributed by atoms with Crippen LogP contribution in [0.2, 0.25) is 5.02 Å². The Hall–Kier alpha value is -1.59. The van der Waals surface area contributed by atoms with Gasteiger partial charge >= 0.3 is 0 Å². The molecule has 0 fully saturated rings. The van der Waals surface area contributed by atoms with E-state index in [-0.39, 0.29) is 0 Å². The first kappa shape index (κ1) is 14.8. The number of halogens is 1. The van der Waals surface area contributed by atoms with Gasteiger partial charge in [0, 0.05) is 31.9 Å². The van der Waals surface area contributed by atoms with Gasteiger partial charge in [0.25, 0.3) is 0 Å². The third-order valence-electron chi connectivity index (χ3n) is 2.74. The van der Waals surface area contributed by atoms with E-state index in [4.69, 9.17) is 16.3 Å². The van der Waals surface area contributed by atoms with Crippen LogP contribution in [0.5, 0.6) is 11.8 Å². The van der Waals surface area contributed by atoms with Crippen molar-refractivity contribution >= 4 is 11.6 Å². The average molecular weight is 295 g/mol. The van der Waals surface area contributed by atoms with Crippen LogP contribution in [0, 0.1) is 6.92 Å². The predicted octanol–water partition coefficient (Wildman–Crippen LogP) is 3.07. The highest BCUT2D eigenvalue weighted by atomic mass is 35.5. The maximum atomic E-state index is 6.21. The van der Waals surface area contributed by atoms with E-state index >= 15 is 0 Å². The summed E-state index contributed by atoms with van der Waals surface area (Å²) in [6, 6.07) is 4.12. The molecule has 6 heteroatoms. The average Bonchev–Trinajstić information content (AvgIpc) is 2.68. The van der Waals surface area contributed by atoms with Crippen LogP contribution in [0.25, 0.3) is 0 Å². The number of hydrogen-bond donors (Lipinski definition) is 1. The lowest BCUT2D eigenvalue weighted by molar-refractivity contribution is 0.415. The van der Waals surface area contributed by atoms with Gasteiger partial charge < -0.3 is 10.1 Å². The standard InChI is InChI=1S/C14H19ClN4O/c1-9(2)16-7-11-6-12(15)14(17-8-11)20-13-5-10(3)18-19(13)4/h5-6,8-9,16H,7H2,1-4H3. The second-order valence-electron chi connectivity index (χ2n) is 5.02. The molecule has 1 N–H and O–H groups in total. The van der Waals surface area contributed by atoms with E-state index < -0.39 is 0 Å². The van der Waals surface area contributed by atoms with E-state index in [1.54, 1.807) is 10.9 Å². The highest BCUT2D eigenvalue weighted by molar-refractivity contribution is 6.31. The molecule has 2 rings (SSSR count). The zero-order valence-electron chi connectivity index (χ0n) is 12.1. The van der Waals surface area contributed by atoms with Gasteiger partial charge in [0.2, 0.25) is 11.8 Å². The van der Waals surface area contributed by atoms with Crippen LogP contribution in [0.1, 0.15) is 25.1 Å². The molecule has 0 aliphatic carbocycles. The van der Waals surface area contributed by atoms with Crippen LogP contribution >= 0.6 is 11.6 Å². The third-order valence-corrected chi connectivity index (χ3v) is 3.01.